The molecule has 4 nitrogen and oxygen atoms in total. The molecule has 2 rings (SSSR count). The topological polar surface area (TPSA) is 38.2 Å². The average molecular weight is 328 g/mol. The zero-order valence-electron chi connectivity index (χ0n) is 11.8. The van der Waals surface area contributed by atoms with E-state index in [9.17, 15) is 0 Å². The molecule has 0 N–H and O–H groups in total. The third-order valence-electron chi connectivity index (χ3n) is 3.53. The van der Waals surface area contributed by atoms with Crippen molar-refractivity contribution >= 4 is 15.9 Å². The van der Waals surface area contributed by atoms with Crippen molar-refractivity contribution in [2.75, 3.05) is 26.2 Å². The number of ether oxygens (including phenoxy) is 1. The van der Waals surface area contributed by atoms with E-state index in [2.05, 4.69) is 51.6 Å². The molecule has 0 aromatic carbocycles. The molecule has 1 aliphatic heterocycles. The number of aromatic nitrogens is 2. The predicted octanol–water partition coefficient (Wildman–Crippen LogP) is 2.70. The van der Waals surface area contributed by atoms with Gasteiger partial charge in [0.15, 0.2) is 0 Å². The van der Waals surface area contributed by atoms with Crippen LogP contribution >= 0.6 is 15.9 Å². The lowest BCUT2D eigenvalue weighted by molar-refractivity contribution is -0.0516. The first-order valence-electron chi connectivity index (χ1n) is 6.87. The summed E-state index contributed by atoms with van der Waals surface area (Å²) in [5.74, 6) is 1.83. The van der Waals surface area contributed by atoms with Gasteiger partial charge in [-0.1, -0.05) is 20.8 Å². The molecule has 5 heteroatoms. The van der Waals surface area contributed by atoms with Gasteiger partial charge in [-0.05, 0) is 21.8 Å². The molecule has 1 fully saturated rings. The van der Waals surface area contributed by atoms with E-state index in [4.69, 9.17) is 4.74 Å². The molecule has 106 valence electrons. The molecule has 0 saturated carbocycles. The first-order chi connectivity index (χ1) is 9.06. The zero-order valence-corrected chi connectivity index (χ0v) is 13.4. The quantitative estimate of drug-likeness (QED) is 0.852. The number of nitrogens with zero attached hydrogens (tertiary/aromatic N) is 3. The molecular formula is C14H22BrN3O. The summed E-state index contributed by atoms with van der Waals surface area (Å²) in [6.45, 7) is 10.5. The molecule has 1 aromatic heterocycles. The summed E-state index contributed by atoms with van der Waals surface area (Å²) >= 11 is 3.36. The van der Waals surface area contributed by atoms with Crippen molar-refractivity contribution in [3.8, 4) is 0 Å². The van der Waals surface area contributed by atoms with Gasteiger partial charge in [-0.25, -0.2) is 9.97 Å². The Kier molecular flexibility index (Phi) is 5.30. The summed E-state index contributed by atoms with van der Waals surface area (Å²) in [6, 6.07) is 0. The van der Waals surface area contributed by atoms with Crippen LogP contribution in [0.2, 0.25) is 0 Å². The van der Waals surface area contributed by atoms with Crippen molar-refractivity contribution in [3.63, 3.8) is 0 Å². The van der Waals surface area contributed by atoms with Crippen molar-refractivity contribution in [2.24, 2.45) is 5.92 Å². The van der Waals surface area contributed by atoms with Gasteiger partial charge >= 0.3 is 0 Å². The molecular weight excluding hydrogens is 306 g/mol. The summed E-state index contributed by atoms with van der Waals surface area (Å²) in [5.41, 5.74) is 0. The minimum Gasteiger partial charge on any atom is -0.375 e. The summed E-state index contributed by atoms with van der Waals surface area (Å²) in [5, 5.41) is 0. The zero-order chi connectivity index (χ0) is 13.8. The van der Waals surface area contributed by atoms with Crippen molar-refractivity contribution in [1.29, 1.82) is 0 Å². The fraction of sp³-hybridized carbons (Fsp3) is 0.714. The van der Waals surface area contributed by atoms with Gasteiger partial charge in [0, 0.05) is 37.9 Å². The van der Waals surface area contributed by atoms with Gasteiger partial charge in [0.05, 0.1) is 17.2 Å². The number of morpholine rings is 1. The number of halogens is 1. The monoisotopic (exact) mass is 327 g/mol. The maximum Gasteiger partial charge on any atom is 0.132 e. The second-order valence-electron chi connectivity index (χ2n) is 5.57. The predicted molar refractivity (Wildman–Crippen MR) is 79.2 cm³/mol. The van der Waals surface area contributed by atoms with E-state index < -0.39 is 0 Å². The van der Waals surface area contributed by atoms with Gasteiger partial charge in [-0.3, -0.25) is 4.90 Å². The molecule has 0 aliphatic carbocycles. The maximum atomic E-state index is 5.79. The Morgan fingerprint density at radius 2 is 2.05 bits per heavy atom. The van der Waals surface area contributed by atoms with Crippen LogP contribution in [0, 0.1) is 5.92 Å². The van der Waals surface area contributed by atoms with Crippen LogP contribution in [0.3, 0.4) is 0 Å². The van der Waals surface area contributed by atoms with E-state index in [1.807, 2.05) is 12.4 Å². The van der Waals surface area contributed by atoms with Crippen LogP contribution in [-0.2, 0) is 4.74 Å². The fourth-order valence-corrected chi connectivity index (χ4v) is 2.55. The molecule has 2 atom stereocenters. The molecule has 2 unspecified atom stereocenters. The van der Waals surface area contributed by atoms with Crippen LogP contribution in [-0.4, -0.2) is 47.2 Å². The standard InChI is InChI=1S/C14H22BrN3O/c1-10(2)13-9-18(4-5-19-13)8-11(3)14-16-6-12(15)7-17-14/h6-7,10-11,13H,4-5,8-9H2,1-3H3. The van der Waals surface area contributed by atoms with E-state index >= 15 is 0 Å². The lowest BCUT2D eigenvalue weighted by Gasteiger charge is -2.35. The van der Waals surface area contributed by atoms with E-state index in [-0.39, 0.29) is 0 Å². The SMILES string of the molecule is CC(CN1CCOC(C(C)C)C1)c1ncc(Br)cn1. The van der Waals surface area contributed by atoms with Gasteiger partial charge in [-0.2, -0.15) is 0 Å². The van der Waals surface area contributed by atoms with Gasteiger partial charge < -0.3 is 4.74 Å². The fourth-order valence-electron chi connectivity index (χ4n) is 2.35. The summed E-state index contributed by atoms with van der Waals surface area (Å²) in [6.07, 6.45) is 3.98. The molecule has 0 bridgehead atoms. The van der Waals surface area contributed by atoms with E-state index in [1.54, 1.807) is 0 Å². The van der Waals surface area contributed by atoms with Crippen molar-refractivity contribution in [3.05, 3.63) is 22.7 Å². The largest absolute Gasteiger partial charge is 0.375 e. The van der Waals surface area contributed by atoms with Crippen molar-refractivity contribution in [1.82, 2.24) is 14.9 Å². The average Bonchev–Trinajstić information content (AvgIpc) is 2.39. The first kappa shape index (κ1) is 14.9. The van der Waals surface area contributed by atoms with E-state index in [1.165, 1.54) is 0 Å². The highest BCUT2D eigenvalue weighted by Gasteiger charge is 2.24. The molecule has 1 aliphatic rings. The number of hydrogen-bond acceptors (Lipinski definition) is 4. The molecule has 1 saturated heterocycles. The third-order valence-corrected chi connectivity index (χ3v) is 3.94. The molecule has 0 amide bonds. The Labute approximate surface area is 123 Å². The van der Waals surface area contributed by atoms with Gasteiger partial charge in [-0.15, -0.1) is 0 Å². The Balaban J connectivity index is 1.91. The first-order valence-corrected chi connectivity index (χ1v) is 7.67. The Hall–Kier alpha value is -0.520. The van der Waals surface area contributed by atoms with Crippen molar-refractivity contribution in [2.45, 2.75) is 32.8 Å². The van der Waals surface area contributed by atoms with Crippen LogP contribution in [0.4, 0.5) is 0 Å². The van der Waals surface area contributed by atoms with Gasteiger partial charge in [0.2, 0.25) is 0 Å². The summed E-state index contributed by atoms with van der Waals surface area (Å²) in [4.78, 5) is 11.2. The lowest BCUT2D eigenvalue weighted by Crippen LogP contribution is -2.45. The summed E-state index contributed by atoms with van der Waals surface area (Å²) in [7, 11) is 0. The maximum absolute atomic E-state index is 5.79. The Bertz CT molecular complexity index is 396. The Morgan fingerprint density at radius 3 is 2.68 bits per heavy atom. The molecule has 19 heavy (non-hydrogen) atoms. The molecule has 0 spiro atoms. The number of hydrogen-bond donors (Lipinski definition) is 0. The Morgan fingerprint density at radius 1 is 1.37 bits per heavy atom. The smallest absolute Gasteiger partial charge is 0.132 e. The summed E-state index contributed by atoms with van der Waals surface area (Å²) < 4.78 is 6.72. The van der Waals surface area contributed by atoms with Crippen LogP contribution < -0.4 is 0 Å². The van der Waals surface area contributed by atoms with Gasteiger partial charge in [0.25, 0.3) is 0 Å². The van der Waals surface area contributed by atoms with Crippen LogP contribution in [0.25, 0.3) is 0 Å². The highest BCUT2D eigenvalue weighted by Crippen LogP contribution is 2.18. The lowest BCUT2D eigenvalue weighted by atomic mass is 10.0. The third kappa shape index (κ3) is 4.23. The van der Waals surface area contributed by atoms with E-state index in [0.29, 0.717) is 17.9 Å². The minimum absolute atomic E-state index is 0.346. The second-order valence-corrected chi connectivity index (χ2v) is 6.49. The van der Waals surface area contributed by atoms with Crippen LogP contribution in [0.1, 0.15) is 32.5 Å². The molecule has 1 aromatic rings. The second kappa shape index (κ2) is 6.77. The molecule has 0 radical (unpaired) electrons. The van der Waals surface area contributed by atoms with Crippen molar-refractivity contribution < 1.29 is 4.74 Å². The highest BCUT2D eigenvalue weighted by atomic mass is 79.9. The van der Waals surface area contributed by atoms with Crippen LogP contribution in [0.5, 0.6) is 0 Å². The van der Waals surface area contributed by atoms with Crippen LogP contribution in [0.15, 0.2) is 16.9 Å². The number of rotatable bonds is 4. The van der Waals surface area contributed by atoms with E-state index in [0.717, 1.165) is 36.5 Å². The minimum atomic E-state index is 0.346. The normalized spacial score (nSPS) is 22.7. The highest BCUT2D eigenvalue weighted by molar-refractivity contribution is 9.10. The molecule has 2 heterocycles. The van der Waals surface area contributed by atoms with Gasteiger partial charge in [0.1, 0.15) is 5.82 Å².